The van der Waals surface area contributed by atoms with Gasteiger partial charge in [-0.2, -0.15) is 0 Å². The Hall–Kier alpha value is -0.890. The lowest BCUT2D eigenvalue weighted by Crippen LogP contribution is -2.41. The highest BCUT2D eigenvalue weighted by Gasteiger charge is 2.28. The zero-order chi connectivity index (χ0) is 19.3. The Morgan fingerprint density at radius 1 is 1.25 bits per heavy atom. The maximum absolute atomic E-state index is 13.6. The third kappa shape index (κ3) is 6.31. The van der Waals surface area contributed by atoms with E-state index >= 15 is 0 Å². The van der Waals surface area contributed by atoms with Crippen molar-refractivity contribution in [2.24, 2.45) is 10.9 Å². The van der Waals surface area contributed by atoms with Crippen molar-refractivity contribution in [3.05, 3.63) is 35.6 Å². The molecule has 1 aromatic rings. The first-order chi connectivity index (χ1) is 13.0. The summed E-state index contributed by atoms with van der Waals surface area (Å²) in [5.41, 5.74) is 0.799. The predicted octanol–water partition coefficient (Wildman–Crippen LogP) is 4.10. The van der Waals surface area contributed by atoms with E-state index in [0.29, 0.717) is 6.54 Å². The van der Waals surface area contributed by atoms with Crippen molar-refractivity contribution in [2.45, 2.75) is 45.4 Å². The third-order valence-corrected chi connectivity index (χ3v) is 5.87. The minimum absolute atomic E-state index is 0. The second kappa shape index (κ2) is 10.8. The van der Waals surface area contributed by atoms with Crippen LogP contribution in [-0.2, 0) is 5.41 Å². The number of hydrogen-bond acceptors (Lipinski definition) is 2. The molecule has 0 spiro atoms. The summed E-state index contributed by atoms with van der Waals surface area (Å²) in [6, 6.07) is 6.90. The first kappa shape index (κ1) is 23.4. The van der Waals surface area contributed by atoms with Gasteiger partial charge in [-0.3, -0.25) is 4.99 Å². The Morgan fingerprint density at radius 2 is 2.00 bits per heavy atom. The van der Waals surface area contributed by atoms with Gasteiger partial charge in [0.25, 0.3) is 0 Å². The molecule has 3 rings (SSSR count). The highest BCUT2D eigenvalue weighted by molar-refractivity contribution is 14.0. The first-order valence-electron chi connectivity index (χ1n) is 10.5. The average Bonchev–Trinajstić information content (AvgIpc) is 3.31. The number of nitrogens with one attached hydrogen (secondary N) is 1. The van der Waals surface area contributed by atoms with E-state index in [1.807, 2.05) is 6.07 Å². The van der Waals surface area contributed by atoms with Crippen molar-refractivity contribution < 1.29 is 4.39 Å². The van der Waals surface area contributed by atoms with Crippen LogP contribution in [0, 0.1) is 11.7 Å². The van der Waals surface area contributed by atoms with Crippen LogP contribution in [0.25, 0.3) is 0 Å². The van der Waals surface area contributed by atoms with Gasteiger partial charge in [0.2, 0.25) is 0 Å². The van der Waals surface area contributed by atoms with E-state index in [9.17, 15) is 4.39 Å². The summed E-state index contributed by atoms with van der Waals surface area (Å²) in [5.74, 6) is 1.56. The first-order valence-corrected chi connectivity index (χ1v) is 10.5. The molecule has 2 aliphatic heterocycles. The van der Waals surface area contributed by atoms with Gasteiger partial charge in [0.1, 0.15) is 5.82 Å². The molecule has 2 heterocycles. The van der Waals surface area contributed by atoms with E-state index in [4.69, 9.17) is 4.99 Å². The van der Waals surface area contributed by atoms with Crippen LogP contribution in [-0.4, -0.2) is 61.6 Å². The van der Waals surface area contributed by atoms with Gasteiger partial charge in [-0.1, -0.05) is 26.0 Å². The summed E-state index contributed by atoms with van der Waals surface area (Å²) in [6.45, 7) is 13.8. The standard InChI is InChI=1S/C22H35FN4.HI/c1-4-24-21(25-17-22(2,3)19-8-7-9-20(23)14-19)27-13-10-18(16-27)15-26-11-5-6-12-26;/h7-9,14,18H,4-6,10-13,15-17H2,1-3H3,(H,24,25);1H. The zero-order valence-corrected chi connectivity index (χ0v) is 19.9. The third-order valence-electron chi connectivity index (χ3n) is 5.87. The maximum atomic E-state index is 13.6. The molecule has 4 nitrogen and oxygen atoms in total. The van der Waals surface area contributed by atoms with E-state index in [0.717, 1.165) is 37.1 Å². The molecule has 0 amide bonds. The molecule has 1 atom stereocenters. The Morgan fingerprint density at radius 3 is 2.68 bits per heavy atom. The molecule has 0 radical (unpaired) electrons. The fourth-order valence-electron chi connectivity index (χ4n) is 4.20. The van der Waals surface area contributed by atoms with Gasteiger partial charge in [-0.05, 0) is 62.9 Å². The normalized spacial score (nSPS) is 21.1. The molecule has 2 saturated heterocycles. The van der Waals surface area contributed by atoms with Crippen LogP contribution in [0.5, 0.6) is 0 Å². The highest BCUT2D eigenvalue weighted by atomic mass is 127. The van der Waals surface area contributed by atoms with Crippen molar-refractivity contribution in [2.75, 3.05) is 45.8 Å². The number of benzene rings is 1. The molecule has 1 N–H and O–H groups in total. The second-order valence-corrected chi connectivity index (χ2v) is 8.67. The largest absolute Gasteiger partial charge is 0.357 e. The van der Waals surface area contributed by atoms with Gasteiger partial charge in [0.15, 0.2) is 5.96 Å². The maximum Gasteiger partial charge on any atom is 0.193 e. The number of halogens is 2. The van der Waals surface area contributed by atoms with Crippen LogP contribution in [0.1, 0.15) is 45.6 Å². The minimum atomic E-state index is -0.197. The molecule has 0 saturated carbocycles. The van der Waals surface area contributed by atoms with Gasteiger partial charge in [-0.25, -0.2) is 4.39 Å². The van der Waals surface area contributed by atoms with E-state index in [1.165, 1.54) is 45.0 Å². The van der Waals surface area contributed by atoms with Crippen molar-refractivity contribution in [1.82, 2.24) is 15.1 Å². The Bertz CT molecular complexity index is 643. The van der Waals surface area contributed by atoms with Gasteiger partial charge < -0.3 is 15.1 Å². The summed E-state index contributed by atoms with van der Waals surface area (Å²) in [5, 5.41) is 3.46. The van der Waals surface area contributed by atoms with Crippen LogP contribution in [0.15, 0.2) is 29.3 Å². The lowest BCUT2D eigenvalue weighted by Gasteiger charge is -2.27. The van der Waals surface area contributed by atoms with E-state index in [-0.39, 0.29) is 35.2 Å². The minimum Gasteiger partial charge on any atom is -0.357 e. The summed E-state index contributed by atoms with van der Waals surface area (Å²) in [6.07, 6.45) is 3.96. The van der Waals surface area contributed by atoms with Crippen LogP contribution < -0.4 is 5.32 Å². The summed E-state index contributed by atoms with van der Waals surface area (Å²) in [7, 11) is 0. The zero-order valence-electron chi connectivity index (χ0n) is 17.6. The smallest absolute Gasteiger partial charge is 0.193 e. The Kier molecular flexibility index (Phi) is 8.99. The fraction of sp³-hybridized carbons (Fsp3) is 0.682. The number of aliphatic imine (C=N–C) groups is 1. The predicted molar refractivity (Wildman–Crippen MR) is 126 cm³/mol. The quantitative estimate of drug-likeness (QED) is 0.361. The molecular weight excluding hydrogens is 466 g/mol. The van der Waals surface area contributed by atoms with Gasteiger partial charge in [0.05, 0.1) is 6.54 Å². The Balaban J connectivity index is 0.00000280. The summed E-state index contributed by atoms with van der Waals surface area (Å²) in [4.78, 5) is 9.96. The molecule has 2 fully saturated rings. The van der Waals surface area contributed by atoms with Crippen LogP contribution in [0.3, 0.4) is 0 Å². The molecule has 0 aliphatic carbocycles. The van der Waals surface area contributed by atoms with Crippen LogP contribution in [0.4, 0.5) is 4.39 Å². The topological polar surface area (TPSA) is 30.9 Å². The van der Waals surface area contributed by atoms with E-state index < -0.39 is 0 Å². The summed E-state index contributed by atoms with van der Waals surface area (Å²) < 4.78 is 13.6. The van der Waals surface area contributed by atoms with Crippen LogP contribution in [0.2, 0.25) is 0 Å². The second-order valence-electron chi connectivity index (χ2n) is 8.67. The average molecular weight is 502 g/mol. The number of likely N-dealkylation sites (tertiary alicyclic amines) is 2. The molecule has 158 valence electrons. The summed E-state index contributed by atoms with van der Waals surface area (Å²) >= 11 is 0. The molecule has 1 unspecified atom stereocenters. The van der Waals surface area contributed by atoms with Crippen molar-refractivity contribution in [3.8, 4) is 0 Å². The molecule has 0 aromatic heterocycles. The number of hydrogen-bond donors (Lipinski definition) is 1. The lowest BCUT2D eigenvalue weighted by molar-refractivity contribution is 0.281. The molecule has 2 aliphatic rings. The van der Waals surface area contributed by atoms with E-state index in [1.54, 1.807) is 12.1 Å². The van der Waals surface area contributed by atoms with Crippen LogP contribution >= 0.6 is 24.0 Å². The monoisotopic (exact) mass is 502 g/mol. The lowest BCUT2D eigenvalue weighted by atomic mass is 9.85. The van der Waals surface area contributed by atoms with Crippen molar-refractivity contribution in [3.63, 3.8) is 0 Å². The number of rotatable bonds is 6. The van der Waals surface area contributed by atoms with Gasteiger partial charge in [0, 0.05) is 31.6 Å². The number of nitrogens with zero attached hydrogens (tertiary/aromatic N) is 3. The molecule has 0 bridgehead atoms. The molecule has 28 heavy (non-hydrogen) atoms. The van der Waals surface area contributed by atoms with Gasteiger partial charge in [-0.15, -0.1) is 24.0 Å². The van der Waals surface area contributed by atoms with E-state index in [2.05, 4.69) is 35.9 Å². The SMILES string of the molecule is CCNC(=NCC(C)(C)c1cccc(F)c1)N1CCC(CN2CCCC2)C1.I. The van der Waals surface area contributed by atoms with Gasteiger partial charge >= 0.3 is 0 Å². The Labute approximate surface area is 187 Å². The molecule has 1 aromatic carbocycles. The van der Waals surface area contributed by atoms with Crippen molar-refractivity contribution >= 4 is 29.9 Å². The fourth-order valence-corrected chi connectivity index (χ4v) is 4.20. The number of guanidine groups is 1. The van der Waals surface area contributed by atoms with Crippen molar-refractivity contribution in [1.29, 1.82) is 0 Å². The molecule has 6 heteroatoms. The molecular formula is C22H36FIN4. The highest BCUT2D eigenvalue weighted by Crippen LogP contribution is 2.25.